The van der Waals surface area contributed by atoms with E-state index in [1.807, 2.05) is 0 Å². The normalized spacial score (nSPS) is 10.3. The number of furan rings is 1. The number of hydrogen-bond acceptors (Lipinski definition) is 6. The molecule has 8 heteroatoms. The molecular formula is C19H14ClN3O3S. The second kappa shape index (κ2) is 8.62. The fourth-order valence-corrected chi connectivity index (χ4v) is 3.24. The summed E-state index contributed by atoms with van der Waals surface area (Å²) in [4.78, 5) is 16.8. The average Bonchev–Trinajstić information content (AvgIpc) is 3.21. The van der Waals surface area contributed by atoms with Crippen LogP contribution in [-0.2, 0) is 4.79 Å². The van der Waals surface area contributed by atoms with Crippen molar-refractivity contribution in [3.05, 3.63) is 59.3 Å². The molecule has 1 N–H and O–H groups in total. The van der Waals surface area contributed by atoms with E-state index in [1.54, 1.807) is 48.7 Å². The number of ether oxygens (including phenoxy) is 1. The quantitative estimate of drug-likeness (QED) is 0.609. The minimum Gasteiger partial charge on any atom is -0.495 e. The predicted octanol–water partition coefficient (Wildman–Crippen LogP) is 4.61. The number of nitrogens with one attached hydrogen (secondary N) is 1. The van der Waals surface area contributed by atoms with Crippen LogP contribution in [0.3, 0.4) is 0 Å². The van der Waals surface area contributed by atoms with Crippen LogP contribution in [0.5, 0.6) is 5.75 Å². The van der Waals surface area contributed by atoms with Gasteiger partial charge in [-0.05, 0) is 42.5 Å². The first-order valence-corrected chi connectivity index (χ1v) is 9.18. The number of thioether (sulfide) groups is 1. The van der Waals surface area contributed by atoms with Gasteiger partial charge >= 0.3 is 0 Å². The van der Waals surface area contributed by atoms with Crippen molar-refractivity contribution in [2.75, 3.05) is 18.2 Å². The van der Waals surface area contributed by atoms with Gasteiger partial charge in [-0.2, -0.15) is 5.26 Å². The van der Waals surface area contributed by atoms with E-state index in [4.69, 9.17) is 20.8 Å². The van der Waals surface area contributed by atoms with Gasteiger partial charge in [0.1, 0.15) is 22.5 Å². The molecule has 2 aromatic heterocycles. The van der Waals surface area contributed by atoms with E-state index in [0.717, 1.165) is 0 Å². The van der Waals surface area contributed by atoms with Crippen LogP contribution in [0.25, 0.3) is 11.5 Å². The molecule has 0 aliphatic heterocycles. The van der Waals surface area contributed by atoms with Crippen molar-refractivity contribution < 1.29 is 13.9 Å². The Morgan fingerprint density at radius 3 is 2.93 bits per heavy atom. The number of halogens is 1. The van der Waals surface area contributed by atoms with E-state index < -0.39 is 0 Å². The summed E-state index contributed by atoms with van der Waals surface area (Å²) in [5, 5.41) is 13.0. The standard InChI is InChI=1S/C19H14ClN3O3S/c1-25-16-7-5-13(20)9-15(16)22-18(24)11-27-19-12(10-21)4-6-14(23-19)17-3-2-8-26-17/h2-9H,11H2,1H3,(H,22,24). The van der Waals surface area contributed by atoms with Crippen LogP contribution < -0.4 is 10.1 Å². The monoisotopic (exact) mass is 399 g/mol. The molecule has 0 radical (unpaired) electrons. The van der Waals surface area contributed by atoms with Gasteiger partial charge in [0.2, 0.25) is 5.91 Å². The van der Waals surface area contributed by atoms with Crippen LogP contribution in [0.2, 0.25) is 5.02 Å². The number of pyridine rings is 1. The Balaban J connectivity index is 1.73. The Bertz CT molecular complexity index is 1000. The van der Waals surface area contributed by atoms with Crippen molar-refractivity contribution in [2.24, 2.45) is 0 Å². The molecule has 0 saturated heterocycles. The van der Waals surface area contributed by atoms with Crippen molar-refractivity contribution in [3.8, 4) is 23.3 Å². The molecule has 0 spiro atoms. The first-order valence-electron chi connectivity index (χ1n) is 7.82. The summed E-state index contributed by atoms with van der Waals surface area (Å²) in [5.74, 6) is 0.899. The molecule has 136 valence electrons. The van der Waals surface area contributed by atoms with E-state index >= 15 is 0 Å². The Labute approximate surface area is 165 Å². The summed E-state index contributed by atoms with van der Waals surface area (Å²) in [6, 6.07) is 13.9. The Morgan fingerprint density at radius 2 is 2.22 bits per heavy atom. The summed E-state index contributed by atoms with van der Waals surface area (Å²) < 4.78 is 10.5. The molecule has 0 aliphatic rings. The molecule has 0 bridgehead atoms. The maximum Gasteiger partial charge on any atom is 0.234 e. The highest BCUT2D eigenvalue weighted by molar-refractivity contribution is 8.00. The van der Waals surface area contributed by atoms with E-state index in [2.05, 4.69) is 16.4 Å². The van der Waals surface area contributed by atoms with Crippen LogP contribution in [-0.4, -0.2) is 23.8 Å². The number of hydrogen-bond donors (Lipinski definition) is 1. The van der Waals surface area contributed by atoms with Crippen LogP contribution in [0.15, 0.2) is 58.2 Å². The molecule has 3 aromatic rings. The van der Waals surface area contributed by atoms with Gasteiger partial charge in [0, 0.05) is 5.02 Å². The average molecular weight is 400 g/mol. The summed E-state index contributed by atoms with van der Waals surface area (Å²) in [6.45, 7) is 0. The van der Waals surface area contributed by atoms with Gasteiger partial charge in [-0.3, -0.25) is 4.79 Å². The number of rotatable bonds is 6. The maximum atomic E-state index is 12.3. The third-order valence-electron chi connectivity index (χ3n) is 3.53. The molecule has 3 rings (SSSR count). The minimum atomic E-state index is -0.269. The number of nitrogens with zero attached hydrogens (tertiary/aromatic N) is 2. The Morgan fingerprint density at radius 1 is 1.37 bits per heavy atom. The van der Waals surface area contributed by atoms with Crippen molar-refractivity contribution in [1.82, 2.24) is 4.98 Å². The smallest absolute Gasteiger partial charge is 0.234 e. The van der Waals surface area contributed by atoms with E-state index in [9.17, 15) is 10.1 Å². The zero-order chi connectivity index (χ0) is 19.2. The lowest BCUT2D eigenvalue weighted by molar-refractivity contribution is -0.113. The molecule has 2 heterocycles. The number of aromatic nitrogens is 1. The SMILES string of the molecule is COc1ccc(Cl)cc1NC(=O)CSc1nc(-c2ccco2)ccc1C#N. The number of nitriles is 1. The number of amides is 1. The van der Waals surface area contributed by atoms with Gasteiger partial charge in [0.05, 0.1) is 30.4 Å². The zero-order valence-electron chi connectivity index (χ0n) is 14.2. The molecule has 0 atom stereocenters. The van der Waals surface area contributed by atoms with Gasteiger partial charge in [-0.15, -0.1) is 0 Å². The van der Waals surface area contributed by atoms with Gasteiger partial charge in [0.25, 0.3) is 0 Å². The van der Waals surface area contributed by atoms with Crippen LogP contribution in [0, 0.1) is 11.3 Å². The van der Waals surface area contributed by atoms with E-state index in [-0.39, 0.29) is 11.7 Å². The second-order valence-corrected chi connectivity index (χ2v) is 6.72. The number of methoxy groups -OCH3 is 1. The molecule has 0 aliphatic carbocycles. The van der Waals surface area contributed by atoms with Gasteiger partial charge in [-0.25, -0.2) is 4.98 Å². The van der Waals surface area contributed by atoms with Crippen LogP contribution in [0.4, 0.5) is 5.69 Å². The Kier molecular flexibility index (Phi) is 6.01. The van der Waals surface area contributed by atoms with Crippen LogP contribution in [0.1, 0.15) is 5.56 Å². The lowest BCUT2D eigenvalue weighted by Gasteiger charge is -2.10. The largest absolute Gasteiger partial charge is 0.495 e. The molecule has 0 unspecified atom stereocenters. The highest BCUT2D eigenvalue weighted by Gasteiger charge is 2.13. The van der Waals surface area contributed by atoms with Gasteiger partial charge in [0.15, 0.2) is 5.76 Å². The van der Waals surface area contributed by atoms with Gasteiger partial charge in [-0.1, -0.05) is 23.4 Å². The predicted molar refractivity (Wildman–Crippen MR) is 104 cm³/mol. The molecule has 1 amide bonds. The van der Waals surface area contributed by atoms with Crippen molar-refractivity contribution in [3.63, 3.8) is 0 Å². The minimum absolute atomic E-state index is 0.0684. The second-order valence-electron chi connectivity index (χ2n) is 5.32. The lowest BCUT2D eigenvalue weighted by Crippen LogP contribution is -2.15. The summed E-state index contributed by atoms with van der Waals surface area (Å²) in [7, 11) is 1.51. The zero-order valence-corrected chi connectivity index (χ0v) is 15.8. The van der Waals surface area contributed by atoms with Crippen molar-refractivity contribution in [1.29, 1.82) is 5.26 Å². The topological polar surface area (TPSA) is 88.2 Å². The number of anilines is 1. The maximum absolute atomic E-state index is 12.3. The summed E-state index contributed by atoms with van der Waals surface area (Å²) >= 11 is 7.14. The Hall–Kier alpha value is -2.95. The molecular weight excluding hydrogens is 386 g/mol. The number of benzene rings is 1. The van der Waals surface area contributed by atoms with E-state index in [1.165, 1.54) is 18.9 Å². The van der Waals surface area contributed by atoms with E-state index in [0.29, 0.717) is 38.5 Å². The van der Waals surface area contributed by atoms with Crippen LogP contribution >= 0.6 is 23.4 Å². The van der Waals surface area contributed by atoms with Crippen molar-refractivity contribution >= 4 is 35.0 Å². The summed E-state index contributed by atoms with van der Waals surface area (Å²) in [5.41, 5.74) is 1.47. The molecule has 0 saturated carbocycles. The van der Waals surface area contributed by atoms with Crippen molar-refractivity contribution in [2.45, 2.75) is 5.03 Å². The third kappa shape index (κ3) is 4.61. The highest BCUT2D eigenvalue weighted by Crippen LogP contribution is 2.29. The third-order valence-corrected chi connectivity index (χ3v) is 4.76. The fraction of sp³-hybridized carbons (Fsp3) is 0.105. The highest BCUT2D eigenvalue weighted by atomic mass is 35.5. The molecule has 1 aromatic carbocycles. The first-order chi connectivity index (χ1) is 13.1. The fourth-order valence-electron chi connectivity index (χ4n) is 2.30. The first kappa shape index (κ1) is 18.8. The number of carbonyl (C=O) groups is 1. The lowest BCUT2D eigenvalue weighted by atomic mass is 10.2. The molecule has 0 fully saturated rings. The molecule has 27 heavy (non-hydrogen) atoms. The van der Waals surface area contributed by atoms with Gasteiger partial charge < -0.3 is 14.5 Å². The summed E-state index contributed by atoms with van der Waals surface area (Å²) in [6.07, 6.45) is 1.55. The molecule has 6 nitrogen and oxygen atoms in total. The number of carbonyl (C=O) groups excluding carboxylic acids is 1.